The molecule has 0 spiro atoms. The minimum atomic E-state index is 0.859. The van der Waals surface area contributed by atoms with Crippen molar-refractivity contribution in [1.82, 2.24) is 4.98 Å². The first-order chi connectivity index (χ1) is 7.84. The lowest BCUT2D eigenvalue weighted by molar-refractivity contribution is 1.00. The second-order valence-electron chi connectivity index (χ2n) is 3.51. The molecule has 1 heterocycles. The lowest BCUT2D eigenvalue weighted by Gasteiger charge is -2.05. The first kappa shape index (κ1) is 11.1. The van der Waals surface area contributed by atoms with Gasteiger partial charge in [-0.25, -0.2) is 4.98 Å². The van der Waals surface area contributed by atoms with Gasteiger partial charge in [0.15, 0.2) is 0 Å². The van der Waals surface area contributed by atoms with Crippen LogP contribution in [0.3, 0.4) is 0 Å². The molecular weight excluding hydrogens is 264 g/mol. The molecule has 0 aliphatic rings. The fourth-order valence-corrected chi connectivity index (χ4v) is 1.83. The molecule has 0 unspecified atom stereocenters. The van der Waals surface area contributed by atoms with Gasteiger partial charge in [-0.05, 0) is 40.0 Å². The molecule has 0 amide bonds. The molecule has 0 atom stereocenters. The van der Waals surface area contributed by atoms with E-state index < -0.39 is 0 Å². The highest BCUT2D eigenvalue weighted by Gasteiger charge is 1.95. The zero-order valence-corrected chi connectivity index (χ0v) is 10.4. The van der Waals surface area contributed by atoms with Gasteiger partial charge in [-0.3, -0.25) is 0 Å². The van der Waals surface area contributed by atoms with Gasteiger partial charge in [-0.2, -0.15) is 0 Å². The second kappa shape index (κ2) is 5.66. The van der Waals surface area contributed by atoms with Gasteiger partial charge in [0.25, 0.3) is 0 Å². The largest absolute Gasteiger partial charge is 0.370 e. The molecule has 2 aromatic rings. The molecule has 1 aromatic carbocycles. The van der Waals surface area contributed by atoms with Gasteiger partial charge in [0.1, 0.15) is 10.4 Å². The Labute approximate surface area is 104 Å². The van der Waals surface area contributed by atoms with Crippen molar-refractivity contribution in [2.45, 2.75) is 6.42 Å². The van der Waals surface area contributed by atoms with Gasteiger partial charge in [-0.15, -0.1) is 0 Å². The fourth-order valence-electron chi connectivity index (χ4n) is 1.49. The Morgan fingerprint density at radius 2 is 1.81 bits per heavy atom. The van der Waals surface area contributed by atoms with Crippen molar-refractivity contribution >= 4 is 21.7 Å². The highest BCUT2D eigenvalue weighted by molar-refractivity contribution is 9.10. The van der Waals surface area contributed by atoms with Gasteiger partial charge in [0.2, 0.25) is 0 Å². The summed E-state index contributed by atoms with van der Waals surface area (Å²) in [6, 6.07) is 16.3. The normalized spacial score (nSPS) is 10.1. The molecule has 0 aliphatic carbocycles. The summed E-state index contributed by atoms with van der Waals surface area (Å²) in [4.78, 5) is 4.31. The van der Waals surface area contributed by atoms with Gasteiger partial charge in [0, 0.05) is 6.54 Å². The van der Waals surface area contributed by atoms with E-state index in [0.29, 0.717) is 0 Å². The summed E-state index contributed by atoms with van der Waals surface area (Å²) in [5.74, 6) is 0.908. The van der Waals surface area contributed by atoms with Gasteiger partial charge in [-0.1, -0.05) is 36.4 Å². The molecule has 2 nitrogen and oxygen atoms in total. The fraction of sp³-hybridized carbons (Fsp3) is 0.154. The van der Waals surface area contributed by atoms with E-state index in [-0.39, 0.29) is 0 Å². The van der Waals surface area contributed by atoms with Crippen LogP contribution >= 0.6 is 15.9 Å². The zero-order valence-electron chi connectivity index (χ0n) is 8.86. The van der Waals surface area contributed by atoms with Crippen LogP contribution in [0.15, 0.2) is 53.1 Å². The van der Waals surface area contributed by atoms with Crippen molar-refractivity contribution in [3.63, 3.8) is 0 Å². The van der Waals surface area contributed by atoms with Gasteiger partial charge < -0.3 is 5.32 Å². The quantitative estimate of drug-likeness (QED) is 0.865. The molecule has 0 aliphatic heterocycles. The third kappa shape index (κ3) is 3.35. The van der Waals surface area contributed by atoms with Gasteiger partial charge in [0.05, 0.1) is 0 Å². The Kier molecular flexibility index (Phi) is 3.94. The minimum Gasteiger partial charge on any atom is -0.370 e. The van der Waals surface area contributed by atoms with Crippen molar-refractivity contribution in [3.05, 3.63) is 58.7 Å². The van der Waals surface area contributed by atoms with Crippen LogP contribution in [0.25, 0.3) is 0 Å². The van der Waals surface area contributed by atoms with E-state index in [4.69, 9.17) is 0 Å². The number of halogens is 1. The Morgan fingerprint density at radius 3 is 2.56 bits per heavy atom. The highest BCUT2D eigenvalue weighted by atomic mass is 79.9. The van der Waals surface area contributed by atoms with Crippen molar-refractivity contribution in [3.8, 4) is 0 Å². The molecule has 1 aromatic heterocycles. The molecule has 0 saturated heterocycles. The lowest BCUT2D eigenvalue weighted by atomic mass is 10.1. The summed E-state index contributed by atoms with van der Waals surface area (Å²) in [6.45, 7) is 0.896. The van der Waals surface area contributed by atoms with Crippen molar-refractivity contribution < 1.29 is 0 Å². The standard InChI is InChI=1S/C13H13BrN2/c14-12-7-4-8-13(16-12)15-10-9-11-5-2-1-3-6-11/h1-8H,9-10H2,(H,15,16). The summed E-state index contributed by atoms with van der Waals surface area (Å²) in [5, 5.41) is 3.29. The van der Waals surface area contributed by atoms with Crippen molar-refractivity contribution in [2.75, 3.05) is 11.9 Å². The van der Waals surface area contributed by atoms with E-state index in [1.165, 1.54) is 5.56 Å². The van der Waals surface area contributed by atoms with Crippen LogP contribution in [0.1, 0.15) is 5.56 Å². The van der Waals surface area contributed by atoms with Crippen LogP contribution in [0.5, 0.6) is 0 Å². The Bertz CT molecular complexity index is 443. The zero-order chi connectivity index (χ0) is 11.2. The number of aromatic nitrogens is 1. The maximum Gasteiger partial charge on any atom is 0.127 e. The number of pyridine rings is 1. The number of nitrogens with one attached hydrogen (secondary N) is 1. The molecule has 0 radical (unpaired) electrons. The number of hydrogen-bond acceptors (Lipinski definition) is 2. The average Bonchev–Trinajstić information content (AvgIpc) is 2.30. The Morgan fingerprint density at radius 1 is 1.00 bits per heavy atom. The maximum absolute atomic E-state index is 4.31. The third-order valence-electron chi connectivity index (χ3n) is 2.28. The summed E-state index contributed by atoms with van der Waals surface area (Å²) < 4.78 is 0.859. The number of hydrogen-bond donors (Lipinski definition) is 1. The first-order valence-corrected chi connectivity index (χ1v) is 6.04. The van der Waals surface area contributed by atoms with E-state index in [1.54, 1.807) is 0 Å². The first-order valence-electron chi connectivity index (χ1n) is 5.25. The van der Waals surface area contributed by atoms with Crippen LogP contribution in [0.4, 0.5) is 5.82 Å². The molecule has 0 bridgehead atoms. The molecule has 16 heavy (non-hydrogen) atoms. The maximum atomic E-state index is 4.31. The third-order valence-corrected chi connectivity index (χ3v) is 2.72. The van der Waals surface area contributed by atoms with Crippen LogP contribution in [0, 0.1) is 0 Å². The molecular formula is C13H13BrN2. The number of nitrogens with zero attached hydrogens (tertiary/aromatic N) is 1. The van der Waals surface area contributed by atoms with Crippen LogP contribution < -0.4 is 5.32 Å². The van der Waals surface area contributed by atoms with E-state index in [1.807, 2.05) is 24.3 Å². The smallest absolute Gasteiger partial charge is 0.127 e. The average molecular weight is 277 g/mol. The van der Waals surface area contributed by atoms with Crippen LogP contribution in [-0.4, -0.2) is 11.5 Å². The number of anilines is 1. The van der Waals surface area contributed by atoms with E-state index in [9.17, 15) is 0 Å². The summed E-state index contributed by atoms with van der Waals surface area (Å²) in [5.41, 5.74) is 1.34. The van der Waals surface area contributed by atoms with Crippen molar-refractivity contribution in [2.24, 2.45) is 0 Å². The summed E-state index contributed by atoms with van der Waals surface area (Å²) in [6.07, 6.45) is 1.01. The van der Waals surface area contributed by atoms with E-state index in [2.05, 4.69) is 50.5 Å². The molecule has 3 heteroatoms. The molecule has 82 valence electrons. The SMILES string of the molecule is Brc1cccc(NCCc2ccccc2)n1. The van der Waals surface area contributed by atoms with Crippen LogP contribution in [-0.2, 0) is 6.42 Å². The summed E-state index contributed by atoms with van der Waals surface area (Å²) in [7, 11) is 0. The van der Waals surface area contributed by atoms with E-state index >= 15 is 0 Å². The molecule has 1 N–H and O–H groups in total. The molecule has 2 rings (SSSR count). The molecule has 0 saturated carbocycles. The predicted octanol–water partition coefficient (Wildman–Crippen LogP) is 3.50. The minimum absolute atomic E-state index is 0.859. The highest BCUT2D eigenvalue weighted by Crippen LogP contribution is 2.10. The predicted molar refractivity (Wildman–Crippen MR) is 70.6 cm³/mol. The van der Waals surface area contributed by atoms with E-state index in [0.717, 1.165) is 23.4 Å². The monoisotopic (exact) mass is 276 g/mol. The second-order valence-corrected chi connectivity index (χ2v) is 4.32. The summed E-state index contributed by atoms with van der Waals surface area (Å²) >= 11 is 3.35. The van der Waals surface area contributed by atoms with Crippen molar-refractivity contribution in [1.29, 1.82) is 0 Å². The Balaban J connectivity index is 1.85. The number of benzene rings is 1. The topological polar surface area (TPSA) is 24.9 Å². The Hall–Kier alpha value is -1.35. The van der Waals surface area contributed by atoms with Gasteiger partial charge >= 0.3 is 0 Å². The lowest BCUT2D eigenvalue weighted by Crippen LogP contribution is -2.05. The molecule has 0 fully saturated rings. The van der Waals surface area contributed by atoms with Crippen LogP contribution in [0.2, 0.25) is 0 Å². The number of rotatable bonds is 4.